The lowest BCUT2D eigenvalue weighted by Gasteiger charge is -2.28. The number of rotatable bonds is 7. The maximum Gasteiger partial charge on any atom is 0.227 e. The van der Waals surface area contributed by atoms with Crippen molar-refractivity contribution >= 4 is 71.5 Å². The third-order valence-corrected chi connectivity index (χ3v) is 12.0. The Morgan fingerprint density at radius 3 is 1.85 bits per heavy atom. The first-order chi connectivity index (χ1) is 30.3. The predicted octanol–water partition coefficient (Wildman–Crippen LogP) is 15.7. The van der Waals surface area contributed by atoms with Crippen LogP contribution in [0, 0.1) is 0 Å². The third-order valence-electron chi connectivity index (χ3n) is 12.0. The summed E-state index contributed by atoms with van der Waals surface area (Å²) < 4.78 is 9.10. The summed E-state index contributed by atoms with van der Waals surface area (Å²) >= 11 is 0. The van der Waals surface area contributed by atoms with Gasteiger partial charge in [-0.25, -0.2) is 4.98 Å². The summed E-state index contributed by atoms with van der Waals surface area (Å²) in [4.78, 5) is 7.41. The van der Waals surface area contributed by atoms with E-state index < -0.39 is 0 Å². The highest BCUT2D eigenvalue weighted by Crippen LogP contribution is 2.46. The van der Waals surface area contributed by atoms with Crippen LogP contribution in [0.3, 0.4) is 0 Å². The molecule has 0 saturated heterocycles. The summed E-state index contributed by atoms with van der Waals surface area (Å²) in [7, 11) is 0. The van der Waals surface area contributed by atoms with E-state index in [2.05, 4.69) is 204 Å². The number of fused-ring (bicyclic) bond motifs is 8. The zero-order valence-corrected chi connectivity index (χ0v) is 33.1. The van der Waals surface area contributed by atoms with E-state index >= 15 is 0 Å². The molecule has 12 rings (SSSR count). The normalized spacial score (nSPS) is 11.6. The molecular formula is C57H37N3O. The van der Waals surface area contributed by atoms with E-state index in [9.17, 15) is 0 Å². The van der Waals surface area contributed by atoms with Gasteiger partial charge in [0.1, 0.15) is 5.52 Å². The summed E-state index contributed by atoms with van der Waals surface area (Å²) in [6.45, 7) is 0. The minimum absolute atomic E-state index is 0.617. The largest absolute Gasteiger partial charge is 0.435 e. The van der Waals surface area contributed by atoms with E-state index in [-0.39, 0.29) is 0 Å². The molecular weight excluding hydrogens is 743 g/mol. The van der Waals surface area contributed by atoms with Gasteiger partial charge >= 0.3 is 0 Å². The smallest absolute Gasteiger partial charge is 0.227 e. The van der Waals surface area contributed by atoms with Gasteiger partial charge in [0.15, 0.2) is 5.58 Å². The first kappa shape index (κ1) is 34.8. The summed E-state index contributed by atoms with van der Waals surface area (Å²) in [5.74, 6) is 0.617. The van der Waals surface area contributed by atoms with Gasteiger partial charge in [0, 0.05) is 38.8 Å². The van der Waals surface area contributed by atoms with Crippen molar-refractivity contribution in [2.24, 2.45) is 0 Å². The molecule has 4 nitrogen and oxygen atoms in total. The fourth-order valence-electron chi connectivity index (χ4n) is 9.22. The molecule has 0 N–H and O–H groups in total. The van der Waals surface area contributed by atoms with Gasteiger partial charge in [0.25, 0.3) is 0 Å². The van der Waals surface area contributed by atoms with Gasteiger partial charge in [-0.15, -0.1) is 0 Å². The first-order valence-electron chi connectivity index (χ1n) is 20.7. The SMILES string of the molecule is c1ccc(-c2nc3ccc4ccc5ccc(N(c6cccc(-c7ccccc7-c7ccccc7)c6)c6cccc7c8ccccc8n(-c8ccccc8)c67)cc5c4c3o2)cc1. The Morgan fingerprint density at radius 2 is 1.03 bits per heavy atom. The third kappa shape index (κ3) is 5.80. The first-order valence-corrected chi connectivity index (χ1v) is 20.7. The molecule has 2 aromatic heterocycles. The van der Waals surface area contributed by atoms with Crippen molar-refractivity contribution < 1.29 is 4.42 Å². The molecule has 0 unspecified atom stereocenters. The van der Waals surface area contributed by atoms with Crippen molar-refractivity contribution in [1.29, 1.82) is 0 Å². The van der Waals surface area contributed by atoms with Gasteiger partial charge in [-0.05, 0) is 105 Å². The van der Waals surface area contributed by atoms with Gasteiger partial charge in [0.2, 0.25) is 5.89 Å². The number of benzene rings is 10. The molecule has 0 amide bonds. The summed E-state index contributed by atoms with van der Waals surface area (Å²) in [5.41, 5.74) is 13.8. The minimum Gasteiger partial charge on any atom is -0.435 e. The van der Waals surface area contributed by atoms with Gasteiger partial charge in [-0.3, -0.25) is 0 Å². The average Bonchev–Trinajstić information content (AvgIpc) is 3.93. The second-order valence-corrected chi connectivity index (χ2v) is 15.5. The van der Waals surface area contributed by atoms with Crippen LogP contribution in [0.15, 0.2) is 229 Å². The van der Waals surface area contributed by atoms with Crippen molar-refractivity contribution in [1.82, 2.24) is 9.55 Å². The van der Waals surface area contributed by atoms with E-state index in [0.717, 1.165) is 77.6 Å². The molecule has 286 valence electrons. The molecule has 0 aliphatic heterocycles. The average molecular weight is 780 g/mol. The number of anilines is 3. The van der Waals surface area contributed by atoms with Crippen LogP contribution in [0.2, 0.25) is 0 Å². The molecule has 2 heterocycles. The predicted molar refractivity (Wildman–Crippen MR) is 254 cm³/mol. The highest BCUT2D eigenvalue weighted by Gasteiger charge is 2.23. The molecule has 4 heteroatoms. The molecule has 0 bridgehead atoms. The Labute approximate surface area is 352 Å². The fraction of sp³-hybridized carbons (Fsp3) is 0. The maximum atomic E-state index is 6.69. The summed E-state index contributed by atoms with van der Waals surface area (Å²) in [5, 5.41) is 6.78. The van der Waals surface area contributed by atoms with Gasteiger partial charge in [-0.1, -0.05) is 158 Å². The Hall–Kier alpha value is -8.21. The number of nitrogens with zero attached hydrogens (tertiary/aromatic N) is 3. The zero-order valence-electron chi connectivity index (χ0n) is 33.1. The van der Waals surface area contributed by atoms with E-state index in [1.807, 2.05) is 30.3 Å². The lowest BCUT2D eigenvalue weighted by atomic mass is 9.94. The molecule has 0 atom stereocenters. The Balaban J connectivity index is 1.14. The molecule has 0 aliphatic carbocycles. The maximum absolute atomic E-state index is 6.69. The van der Waals surface area contributed by atoms with Crippen LogP contribution in [-0.4, -0.2) is 9.55 Å². The molecule has 0 aliphatic rings. The van der Waals surface area contributed by atoms with Crippen LogP contribution in [0.25, 0.3) is 93.8 Å². The molecule has 0 spiro atoms. The van der Waals surface area contributed by atoms with Crippen LogP contribution in [0.5, 0.6) is 0 Å². The van der Waals surface area contributed by atoms with E-state index in [4.69, 9.17) is 9.40 Å². The summed E-state index contributed by atoms with van der Waals surface area (Å²) in [6, 6.07) is 80.1. The Kier molecular flexibility index (Phi) is 8.13. The standard InChI is InChI=1S/C57H37N3O/c1-4-16-38(17-5-1)46-24-10-11-25-47(46)42-20-14-23-44(36-42)59(53-29-15-27-49-48-26-12-13-28-52(48)60(55(49)53)43-21-8-3-9-22-43)45-34-32-39-30-31-40-33-35-51-56(54(40)50(39)37-45)61-57(58-51)41-18-6-2-7-19-41/h1-37H. The number of hydrogen-bond donors (Lipinski definition) is 0. The van der Waals surface area contributed by atoms with E-state index in [1.54, 1.807) is 0 Å². The lowest BCUT2D eigenvalue weighted by molar-refractivity contribution is 0.623. The zero-order chi connectivity index (χ0) is 40.3. The fourth-order valence-corrected chi connectivity index (χ4v) is 9.22. The molecule has 0 saturated carbocycles. The topological polar surface area (TPSA) is 34.2 Å². The van der Waals surface area contributed by atoms with E-state index in [1.165, 1.54) is 27.5 Å². The van der Waals surface area contributed by atoms with Crippen LogP contribution < -0.4 is 4.90 Å². The van der Waals surface area contributed by atoms with Gasteiger partial charge in [0.05, 0.1) is 16.7 Å². The van der Waals surface area contributed by atoms with Crippen LogP contribution in [0.4, 0.5) is 17.1 Å². The molecule has 61 heavy (non-hydrogen) atoms. The number of oxazole rings is 1. The quantitative estimate of drug-likeness (QED) is 0.151. The monoisotopic (exact) mass is 779 g/mol. The minimum atomic E-state index is 0.617. The molecule has 10 aromatic carbocycles. The Bertz CT molecular complexity index is 3590. The van der Waals surface area contributed by atoms with Gasteiger partial charge in [-0.2, -0.15) is 0 Å². The van der Waals surface area contributed by atoms with E-state index in [0.29, 0.717) is 5.89 Å². The number of para-hydroxylation sites is 3. The van der Waals surface area contributed by atoms with Crippen LogP contribution in [0.1, 0.15) is 0 Å². The van der Waals surface area contributed by atoms with Crippen molar-refractivity contribution in [3.63, 3.8) is 0 Å². The van der Waals surface area contributed by atoms with Crippen LogP contribution in [-0.2, 0) is 0 Å². The van der Waals surface area contributed by atoms with Crippen molar-refractivity contribution in [2.45, 2.75) is 0 Å². The second kappa shape index (κ2) is 14.3. The number of aromatic nitrogens is 2. The molecule has 12 aromatic rings. The lowest BCUT2D eigenvalue weighted by Crippen LogP contribution is -2.12. The number of hydrogen-bond acceptors (Lipinski definition) is 3. The van der Waals surface area contributed by atoms with Crippen LogP contribution >= 0.6 is 0 Å². The van der Waals surface area contributed by atoms with Gasteiger partial charge < -0.3 is 13.9 Å². The Morgan fingerprint density at radius 1 is 0.426 bits per heavy atom. The highest BCUT2D eigenvalue weighted by atomic mass is 16.3. The van der Waals surface area contributed by atoms with Crippen molar-refractivity contribution in [3.05, 3.63) is 224 Å². The molecule has 0 fully saturated rings. The van der Waals surface area contributed by atoms with Crippen molar-refractivity contribution in [2.75, 3.05) is 4.90 Å². The van der Waals surface area contributed by atoms with Crippen molar-refractivity contribution in [3.8, 4) is 39.4 Å². The summed E-state index contributed by atoms with van der Waals surface area (Å²) in [6.07, 6.45) is 0. The highest BCUT2D eigenvalue weighted by molar-refractivity contribution is 6.19. The second-order valence-electron chi connectivity index (χ2n) is 15.5. The molecule has 0 radical (unpaired) electrons.